The molecule has 0 unspecified atom stereocenters. The quantitative estimate of drug-likeness (QED) is 0.487. The highest BCUT2D eigenvalue weighted by molar-refractivity contribution is 8.00. The third-order valence-corrected chi connectivity index (χ3v) is 6.12. The Balaban J connectivity index is 1.83. The van der Waals surface area contributed by atoms with Gasteiger partial charge in [0.25, 0.3) is 0 Å². The van der Waals surface area contributed by atoms with Crippen LogP contribution in [-0.4, -0.2) is 32.7 Å². The van der Waals surface area contributed by atoms with Gasteiger partial charge in [-0.3, -0.25) is 4.40 Å². The SMILES string of the molecule is COC(=O)c1sc(Sc2nnc3cc(C)c4ccccc4n23)nc1Cl. The minimum absolute atomic E-state index is 0.133. The zero-order valence-electron chi connectivity index (χ0n) is 13.2. The molecule has 4 aromatic rings. The zero-order chi connectivity index (χ0) is 17.6. The first-order valence-corrected chi connectivity index (χ1v) is 9.25. The summed E-state index contributed by atoms with van der Waals surface area (Å²) in [5, 5.41) is 10.4. The Hall–Kier alpha value is -2.16. The molecule has 0 fully saturated rings. The maximum Gasteiger partial charge on any atom is 0.351 e. The van der Waals surface area contributed by atoms with Crippen LogP contribution in [0.15, 0.2) is 39.8 Å². The summed E-state index contributed by atoms with van der Waals surface area (Å²) in [4.78, 5) is 16.2. The molecule has 0 saturated carbocycles. The first-order chi connectivity index (χ1) is 12.1. The van der Waals surface area contributed by atoms with Crippen molar-refractivity contribution in [2.75, 3.05) is 7.11 Å². The zero-order valence-corrected chi connectivity index (χ0v) is 15.6. The van der Waals surface area contributed by atoms with Gasteiger partial charge in [0.2, 0.25) is 5.16 Å². The molecule has 1 aromatic carbocycles. The number of fused-ring (bicyclic) bond motifs is 3. The Bertz CT molecular complexity index is 1120. The topological polar surface area (TPSA) is 69.4 Å². The third kappa shape index (κ3) is 2.76. The Labute approximate surface area is 155 Å². The van der Waals surface area contributed by atoms with Gasteiger partial charge in [-0.15, -0.1) is 10.2 Å². The molecule has 0 bridgehead atoms. The number of carbonyl (C=O) groups excluding carboxylic acids is 1. The van der Waals surface area contributed by atoms with Gasteiger partial charge in [0.05, 0.1) is 12.6 Å². The first kappa shape index (κ1) is 16.3. The summed E-state index contributed by atoms with van der Waals surface area (Å²) in [6, 6.07) is 10.1. The molecule has 0 saturated heterocycles. The van der Waals surface area contributed by atoms with Crippen LogP contribution in [0.3, 0.4) is 0 Å². The summed E-state index contributed by atoms with van der Waals surface area (Å²) < 4.78 is 7.28. The van der Waals surface area contributed by atoms with Gasteiger partial charge < -0.3 is 4.74 Å². The number of methoxy groups -OCH3 is 1. The number of hydrogen-bond acceptors (Lipinski definition) is 7. The summed E-state index contributed by atoms with van der Waals surface area (Å²) in [7, 11) is 1.31. The number of pyridine rings is 1. The Morgan fingerprint density at radius 2 is 2.12 bits per heavy atom. The monoisotopic (exact) mass is 390 g/mol. The molecular formula is C16H11ClN4O2S2. The summed E-state index contributed by atoms with van der Waals surface area (Å²) >= 11 is 8.52. The second-order valence-corrected chi connectivity index (χ2v) is 7.79. The third-order valence-electron chi connectivity index (χ3n) is 3.69. The Morgan fingerprint density at radius 3 is 2.92 bits per heavy atom. The molecule has 6 nitrogen and oxygen atoms in total. The summed E-state index contributed by atoms with van der Waals surface area (Å²) in [5.74, 6) is -0.499. The molecule has 0 radical (unpaired) electrons. The number of benzene rings is 1. The lowest BCUT2D eigenvalue weighted by atomic mass is 10.1. The number of aryl methyl sites for hydroxylation is 1. The number of carbonyl (C=O) groups is 1. The van der Waals surface area contributed by atoms with Crippen molar-refractivity contribution in [1.29, 1.82) is 0 Å². The highest BCUT2D eigenvalue weighted by Gasteiger charge is 2.20. The van der Waals surface area contributed by atoms with E-state index in [0.717, 1.165) is 22.1 Å². The first-order valence-electron chi connectivity index (χ1n) is 7.24. The van der Waals surface area contributed by atoms with Crippen LogP contribution < -0.4 is 0 Å². The van der Waals surface area contributed by atoms with E-state index in [4.69, 9.17) is 16.3 Å². The van der Waals surface area contributed by atoms with Gasteiger partial charge in [-0.2, -0.15) is 0 Å². The lowest BCUT2D eigenvalue weighted by molar-refractivity contribution is 0.0606. The second-order valence-electron chi connectivity index (χ2n) is 5.21. The predicted octanol–water partition coefficient (Wildman–Crippen LogP) is 4.24. The fraction of sp³-hybridized carbons (Fsp3) is 0.125. The van der Waals surface area contributed by atoms with Gasteiger partial charge in [0, 0.05) is 5.39 Å². The number of para-hydroxylation sites is 1. The molecule has 0 atom stereocenters. The van der Waals surface area contributed by atoms with Crippen LogP contribution in [0.2, 0.25) is 5.15 Å². The van der Waals surface area contributed by atoms with Crippen molar-refractivity contribution in [3.63, 3.8) is 0 Å². The number of halogens is 1. The van der Waals surface area contributed by atoms with E-state index < -0.39 is 5.97 Å². The minimum atomic E-state index is -0.499. The van der Waals surface area contributed by atoms with Crippen LogP contribution in [0.5, 0.6) is 0 Å². The summed E-state index contributed by atoms with van der Waals surface area (Å²) in [6.07, 6.45) is 0. The number of esters is 1. The molecule has 0 aliphatic carbocycles. The molecule has 4 rings (SSSR count). The lowest BCUT2D eigenvalue weighted by Crippen LogP contribution is -1.98. The van der Waals surface area contributed by atoms with Gasteiger partial charge in [0.1, 0.15) is 0 Å². The smallest absolute Gasteiger partial charge is 0.351 e. The van der Waals surface area contributed by atoms with Crippen molar-refractivity contribution in [1.82, 2.24) is 19.6 Å². The molecule has 9 heteroatoms. The van der Waals surface area contributed by atoms with E-state index in [9.17, 15) is 4.79 Å². The van der Waals surface area contributed by atoms with Crippen molar-refractivity contribution in [3.8, 4) is 0 Å². The van der Waals surface area contributed by atoms with Crippen molar-refractivity contribution >= 4 is 57.2 Å². The average Bonchev–Trinajstić information content (AvgIpc) is 3.18. The summed E-state index contributed by atoms with van der Waals surface area (Å²) in [6.45, 7) is 2.05. The van der Waals surface area contributed by atoms with E-state index in [1.165, 1.54) is 30.2 Å². The fourth-order valence-corrected chi connectivity index (χ4v) is 4.85. The van der Waals surface area contributed by atoms with Gasteiger partial charge in [-0.1, -0.05) is 41.1 Å². The van der Waals surface area contributed by atoms with E-state index in [1.54, 1.807) is 0 Å². The molecule has 3 aromatic heterocycles. The van der Waals surface area contributed by atoms with Crippen LogP contribution in [-0.2, 0) is 4.74 Å². The number of hydrogen-bond donors (Lipinski definition) is 0. The van der Waals surface area contributed by atoms with Crippen molar-refractivity contribution in [3.05, 3.63) is 45.9 Å². The molecule has 0 N–H and O–H groups in total. The maximum absolute atomic E-state index is 11.7. The molecular weight excluding hydrogens is 380 g/mol. The second kappa shape index (κ2) is 6.29. The molecule has 0 amide bonds. The van der Waals surface area contributed by atoms with Crippen LogP contribution >= 0.6 is 34.7 Å². The largest absolute Gasteiger partial charge is 0.465 e. The molecule has 25 heavy (non-hydrogen) atoms. The van der Waals surface area contributed by atoms with Gasteiger partial charge in [-0.05, 0) is 36.4 Å². The molecule has 0 spiro atoms. The molecule has 3 heterocycles. The molecule has 0 aliphatic heterocycles. The van der Waals surface area contributed by atoms with Crippen molar-refractivity contribution in [2.24, 2.45) is 0 Å². The number of aromatic nitrogens is 4. The minimum Gasteiger partial charge on any atom is -0.465 e. The van der Waals surface area contributed by atoms with Crippen LogP contribution in [0.1, 0.15) is 15.2 Å². The molecule has 0 aliphatic rings. The number of rotatable bonds is 3. The Morgan fingerprint density at radius 1 is 1.32 bits per heavy atom. The Kier molecular flexibility index (Phi) is 4.10. The van der Waals surface area contributed by atoms with Crippen molar-refractivity contribution < 1.29 is 9.53 Å². The average molecular weight is 391 g/mol. The lowest BCUT2D eigenvalue weighted by Gasteiger charge is -2.06. The number of ether oxygens (including phenoxy) is 1. The highest BCUT2D eigenvalue weighted by Crippen LogP contribution is 2.35. The van der Waals surface area contributed by atoms with Crippen LogP contribution in [0, 0.1) is 6.92 Å². The number of thiazole rings is 1. The molecule has 126 valence electrons. The van der Waals surface area contributed by atoms with Crippen LogP contribution in [0.4, 0.5) is 0 Å². The van der Waals surface area contributed by atoms with Gasteiger partial charge in [-0.25, -0.2) is 9.78 Å². The van der Waals surface area contributed by atoms with E-state index in [1.807, 2.05) is 35.6 Å². The van der Waals surface area contributed by atoms with E-state index in [-0.39, 0.29) is 10.0 Å². The fourth-order valence-electron chi connectivity index (χ4n) is 2.56. The van der Waals surface area contributed by atoms with Crippen LogP contribution in [0.25, 0.3) is 16.6 Å². The van der Waals surface area contributed by atoms with Crippen molar-refractivity contribution in [2.45, 2.75) is 16.4 Å². The van der Waals surface area contributed by atoms with E-state index in [2.05, 4.69) is 21.2 Å². The predicted molar refractivity (Wildman–Crippen MR) is 97.8 cm³/mol. The number of nitrogens with zero attached hydrogens (tertiary/aromatic N) is 4. The summed E-state index contributed by atoms with van der Waals surface area (Å²) in [5.41, 5.74) is 2.91. The standard InChI is InChI=1S/C16H11ClN4O2S2/c1-8-7-11-19-20-15(21(11)10-6-4-3-5-9(8)10)25-16-18-13(17)12(24-16)14(22)23-2/h3-7H,1-2H3. The normalized spacial score (nSPS) is 11.3. The van der Waals surface area contributed by atoms with Gasteiger partial charge in [0.15, 0.2) is 20.0 Å². The van der Waals surface area contributed by atoms with Gasteiger partial charge >= 0.3 is 5.97 Å². The maximum atomic E-state index is 11.7. The van der Waals surface area contributed by atoms with E-state index in [0.29, 0.717) is 9.50 Å². The van der Waals surface area contributed by atoms with E-state index >= 15 is 0 Å². The highest BCUT2D eigenvalue weighted by atomic mass is 35.5.